The molecule has 0 rings (SSSR count). The highest BCUT2D eigenvalue weighted by Crippen LogP contribution is 2.48. The van der Waals surface area contributed by atoms with Gasteiger partial charge >= 0.3 is 15.3 Å². The van der Waals surface area contributed by atoms with Crippen molar-refractivity contribution in [2.45, 2.75) is 27.7 Å². The maximum Gasteiger partial charge on any atom is 0.405 e. The van der Waals surface area contributed by atoms with Crippen LogP contribution in [0.15, 0.2) is 12.7 Å². The molecule has 0 atom stereocenters. The Labute approximate surface area is 146 Å². The van der Waals surface area contributed by atoms with Crippen LogP contribution in [-0.4, -0.2) is 57.2 Å². The van der Waals surface area contributed by atoms with Crippen LogP contribution >= 0.6 is 15.3 Å². The zero-order valence-corrected chi connectivity index (χ0v) is 17.0. The van der Waals surface area contributed by atoms with E-state index in [0.29, 0.717) is 32.8 Å². The Morgan fingerprint density at radius 3 is 1.88 bits per heavy atom. The number of rotatable bonds is 16. The van der Waals surface area contributed by atoms with Gasteiger partial charge in [0, 0.05) is 19.6 Å². The molecule has 0 aliphatic heterocycles. The average molecular weight is 386 g/mol. The van der Waals surface area contributed by atoms with Gasteiger partial charge in [0.05, 0.1) is 26.4 Å². The zero-order valence-electron chi connectivity index (χ0n) is 15.2. The first-order chi connectivity index (χ1) is 11.4. The summed E-state index contributed by atoms with van der Waals surface area (Å²) in [5.74, 6) is 0. The molecule has 0 aromatic rings. The quantitative estimate of drug-likeness (QED) is 0.319. The lowest BCUT2D eigenvalue weighted by molar-refractivity contribution is 0.197. The minimum atomic E-state index is -3.31. The standard InChI is InChI=1S/C14H32N2O6P2/c1-6-12-16(14-23(17,19-7-2)20-8-3)13-11-15-24(18,21-9-4)22-10-5/h6H,1,7-14H2,2-5H3,(H,15,18). The molecule has 1 N–H and O–H groups in total. The molecule has 8 nitrogen and oxygen atoms in total. The molecule has 0 aliphatic carbocycles. The van der Waals surface area contributed by atoms with Gasteiger partial charge in [0.25, 0.3) is 0 Å². The van der Waals surface area contributed by atoms with Crippen LogP contribution in [0.3, 0.4) is 0 Å². The first kappa shape index (κ1) is 24.0. The van der Waals surface area contributed by atoms with Crippen LogP contribution in [0.5, 0.6) is 0 Å². The van der Waals surface area contributed by atoms with Crippen LogP contribution in [0.4, 0.5) is 0 Å². The third-order valence-corrected chi connectivity index (χ3v) is 6.60. The van der Waals surface area contributed by atoms with Gasteiger partial charge in [0.15, 0.2) is 0 Å². The van der Waals surface area contributed by atoms with E-state index in [1.165, 1.54) is 0 Å². The molecule has 10 heteroatoms. The molecular weight excluding hydrogens is 354 g/mol. The van der Waals surface area contributed by atoms with E-state index in [4.69, 9.17) is 18.1 Å². The fourth-order valence-corrected chi connectivity index (χ4v) is 5.06. The number of nitrogens with one attached hydrogen (secondary N) is 1. The van der Waals surface area contributed by atoms with Crippen molar-refractivity contribution in [2.75, 3.05) is 52.3 Å². The molecule has 0 aromatic heterocycles. The van der Waals surface area contributed by atoms with Crippen molar-refractivity contribution >= 4 is 15.3 Å². The number of hydrogen-bond acceptors (Lipinski definition) is 7. The lowest BCUT2D eigenvalue weighted by atomic mass is 10.5. The van der Waals surface area contributed by atoms with Crippen LogP contribution in [0.1, 0.15) is 27.7 Å². The van der Waals surface area contributed by atoms with Gasteiger partial charge in [-0.15, -0.1) is 6.58 Å². The molecule has 0 saturated carbocycles. The van der Waals surface area contributed by atoms with E-state index in [1.54, 1.807) is 33.8 Å². The van der Waals surface area contributed by atoms with E-state index in [9.17, 15) is 9.13 Å². The summed E-state index contributed by atoms with van der Waals surface area (Å²) in [4.78, 5) is 1.86. The maximum atomic E-state index is 12.6. The fraction of sp³-hybridized carbons (Fsp3) is 0.857. The second-order valence-electron chi connectivity index (χ2n) is 4.69. The Hall–Kier alpha value is -0.0400. The first-order valence-electron chi connectivity index (χ1n) is 8.24. The lowest BCUT2D eigenvalue weighted by Crippen LogP contribution is -2.33. The van der Waals surface area contributed by atoms with Gasteiger partial charge in [-0.05, 0) is 27.7 Å². The van der Waals surface area contributed by atoms with Gasteiger partial charge in [0.1, 0.15) is 6.29 Å². The van der Waals surface area contributed by atoms with Crippen molar-refractivity contribution in [3.8, 4) is 0 Å². The van der Waals surface area contributed by atoms with E-state index in [1.807, 2.05) is 4.90 Å². The Morgan fingerprint density at radius 1 is 0.958 bits per heavy atom. The molecule has 0 spiro atoms. The maximum absolute atomic E-state index is 12.6. The number of nitrogens with zero attached hydrogens (tertiary/aromatic N) is 1. The van der Waals surface area contributed by atoms with Gasteiger partial charge in [-0.2, -0.15) is 0 Å². The third-order valence-electron chi connectivity index (χ3n) is 2.74. The molecule has 24 heavy (non-hydrogen) atoms. The summed E-state index contributed by atoms with van der Waals surface area (Å²) >= 11 is 0. The van der Waals surface area contributed by atoms with Crippen LogP contribution < -0.4 is 5.09 Å². The predicted octanol–water partition coefficient (Wildman–Crippen LogP) is 3.47. The molecule has 0 aliphatic rings. The van der Waals surface area contributed by atoms with Gasteiger partial charge in [0.2, 0.25) is 0 Å². The summed E-state index contributed by atoms with van der Waals surface area (Å²) in [5.41, 5.74) is 0. The Bertz CT molecular complexity index is 415. The monoisotopic (exact) mass is 386 g/mol. The van der Waals surface area contributed by atoms with E-state index >= 15 is 0 Å². The van der Waals surface area contributed by atoms with Crippen LogP contribution in [-0.2, 0) is 27.2 Å². The van der Waals surface area contributed by atoms with Crippen molar-refractivity contribution in [3.63, 3.8) is 0 Å². The first-order valence-corrected chi connectivity index (χ1v) is 11.5. The van der Waals surface area contributed by atoms with Crippen LogP contribution in [0.2, 0.25) is 0 Å². The Balaban J connectivity index is 4.69. The van der Waals surface area contributed by atoms with Crippen molar-refractivity contribution in [2.24, 2.45) is 0 Å². The van der Waals surface area contributed by atoms with Crippen molar-refractivity contribution < 1.29 is 27.2 Å². The van der Waals surface area contributed by atoms with Crippen molar-refractivity contribution in [3.05, 3.63) is 12.7 Å². The molecule has 0 bridgehead atoms. The summed E-state index contributed by atoms with van der Waals surface area (Å²) in [6, 6.07) is 0. The van der Waals surface area contributed by atoms with E-state index < -0.39 is 15.3 Å². The normalized spacial score (nSPS) is 12.7. The Kier molecular flexibility index (Phi) is 13.2. The molecule has 0 heterocycles. The van der Waals surface area contributed by atoms with Gasteiger partial charge in [-0.25, -0.2) is 9.65 Å². The SMILES string of the molecule is C=CCN(CCNP(=O)(OCC)OCC)CP(=O)(OCC)OCC. The molecule has 144 valence electrons. The van der Waals surface area contributed by atoms with E-state index in [-0.39, 0.29) is 19.5 Å². The number of hydrogen-bond donors (Lipinski definition) is 1. The van der Waals surface area contributed by atoms with E-state index in [2.05, 4.69) is 11.7 Å². The average Bonchev–Trinajstić information content (AvgIpc) is 2.48. The molecule has 0 fully saturated rings. The minimum Gasteiger partial charge on any atom is -0.308 e. The molecule has 0 unspecified atom stereocenters. The van der Waals surface area contributed by atoms with Crippen LogP contribution in [0, 0.1) is 0 Å². The molecule has 0 aromatic carbocycles. The summed E-state index contributed by atoms with van der Waals surface area (Å²) in [6.07, 6.45) is 1.84. The second-order valence-corrected chi connectivity index (χ2v) is 8.54. The predicted molar refractivity (Wildman–Crippen MR) is 96.4 cm³/mol. The molecular formula is C14H32N2O6P2. The lowest BCUT2D eigenvalue weighted by Gasteiger charge is -2.26. The zero-order chi connectivity index (χ0) is 18.5. The smallest absolute Gasteiger partial charge is 0.308 e. The van der Waals surface area contributed by atoms with Crippen molar-refractivity contribution in [1.82, 2.24) is 9.99 Å². The molecule has 0 amide bonds. The van der Waals surface area contributed by atoms with Gasteiger partial charge < -0.3 is 9.05 Å². The third kappa shape index (κ3) is 10.1. The van der Waals surface area contributed by atoms with E-state index in [0.717, 1.165) is 0 Å². The molecule has 0 radical (unpaired) electrons. The minimum absolute atomic E-state index is 0.135. The topological polar surface area (TPSA) is 86.3 Å². The van der Waals surface area contributed by atoms with Crippen LogP contribution in [0.25, 0.3) is 0 Å². The highest BCUT2D eigenvalue weighted by atomic mass is 31.2. The summed E-state index contributed by atoms with van der Waals surface area (Å²) in [5, 5.41) is 2.80. The van der Waals surface area contributed by atoms with Gasteiger partial charge in [-0.3, -0.25) is 18.5 Å². The largest absolute Gasteiger partial charge is 0.405 e. The highest BCUT2D eigenvalue weighted by molar-refractivity contribution is 7.53. The second kappa shape index (κ2) is 13.2. The highest BCUT2D eigenvalue weighted by Gasteiger charge is 2.28. The molecule has 0 saturated heterocycles. The van der Waals surface area contributed by atoms with Crippen molar-refractivity contribution in [1.29, 1.82) is 0 Å². The summed E-state index contributed by atoms with van der Waals surface area (Å²) in [7, 11) is -6.50. The Morgan fingerprint density at radius 2 is 1.46 bits per heavy atom. The summed E-state index contributed by atoms with van der Waals surface area (Å²) in [6.45, 7) is 13.2. The van der Waals surface area contributed by atoms with Gasteiger partial charge in [-0.1, -0.05) is 6.08 Å². The fourth-order valence-electron chi connectivity index (χ4n) is 1.97. The summed E-state index contributed by atoms with van der Waals surface area (Å²) < 4.78 is 45.9.